The third kappa shape index (κ3) is 3.36. The van der Waals surface area contributed by atoms with E-state index in [0.717, 1.165) is 11.1 Å². The van der Waals surface area contributed by atoms with Crippen LogP contribution in [0.25, 0.3) is 0 Å². The van der Waals surface area contributed by atoms with E-state index in [9.17, 15) is 9.59 Å². The number of anilines is 1. The van der Waals surface area contributed by atoms with Gasteiger partial charge in [-0.2, -0.15) is 0 Å². The summed E-state index contributed by atoms with van der Waals surface area (Å²) in [7, 11) is 6.39. The van der Waals surface area contributed by atoms with Crippen molar-refractivity contribution in [3.05, 3.63) is 77.9 Å². The largest absolute Gasteiger partial charge is 0.497 e. The highest BCUT2D eigenvalue weighted by Crippen LogP contribution is 2.53. The number of methoxy groups -OCH3 is 3. The van der Waals surface area contributed by atoms with Gasteiger partial charge >= 0.3 is 0 Å². The summed E-state index contributed by atoms with van der Waals surface area (Å²) in [5.41, 5.74) is 1.24. The van der Waals surface area contributed by atoms with Crippen molar-refractivity contribution in [1.82, 2.24) is 4.90 Å². The van der Waals surface area contributed by atoms with Crippen molar-refractivity contribution >= 4 is 17.5 Å². The molecule has 35 heavy (non-hydrogen) atoms. The number of likely N-dealkylation sites (N-methyl/N-ethyl adjacent to an activating group) is 1. The molecule has 2 amide bonds. The number of carbonyl (C=O) groups excluding carboxylic acids is 2. The van der Waals surface area contributed by atoms with Crippen LogP contribution in [0.1, 0.15) is 11.1 Å². The first kappa shape index (κ1) is 22.6. The summed E-state index contributed by atoms with van der Waals surface area (Å²) in [6.07, 6.45) is -0.923. The third-order valence-electron chi connectivity index (χ3n) is 6.73. The molecule has 0 spiro atoms. The maximum Gasteiger partial charge on any atom is 0.268 e. The standard InChI is InChI=1S/C27H26N2O6/c1-28-23-15-18(32-2)10-11-22(23)27(17-8-6-5-7-9-17)25(26(31)29(27)16-24(28)30)35-21-13-19(33-3)12-20(14-21)34-4/h5-15,25H,16H2,1-4H3/t25-,27+/m1/s1. The molecule has 0 radical (unpaired) electrons. The number of amides is 2. The zero-order valence-electron chi connectivity index (χ0n) is 20.0. The number of rotatable bonds is 6. The van der Waals surface area contributed by atoms with Crippen molar-refractivity contribution in [2.24, 2.45) is 0 Å². The topological polar surface area (TPSA) is 77.5 Å². The van der Waals surface area contributed by atoms with Crippen LogP contribution in [0.15, 0.2) is 66.7 Å². The lowest BCUT2D eigenvalue weighted by Crippen LogP contribution is -2.74. The number of benzene rings is 3. The molecular formula is C27H26N2O6. The van der Waals surface area contributed by atoms with Gasteiger partial charge in [-0.25, -0.2) is 0 Å². The van der Waals surface area contributed by atoms with Gasteiger partial charge in [0.2, 0.25) is 12.0 Å². The summed E-state index contributed by atoms with van der Waals surface area (Å²) in [5, 5.41) is 0. The van der Waals surface area contributed by atoms with Crippen LogP contribution in [-0.4, -0.2) is 57.7 Å². The van der Waals surface area contributed by atoms with Gasteiger partial charge in [-0.05, 0) is 11.6 Å². The second-order valence-corrected chi connectivity index (χ2v) is 8.44. The van der Waals surface area contributed by atoms with E-state index in [1.807, 2.05) is 48.5 Å². The van der Waals surface area contributed by atoms with Gasteiger partial charge in [0.1, 0.15) is 35.1 Å². The van der Waals surface area contributed by atoms with Crippen molar-refractivity contribution in [3.63, 3.8) is 0 Å². The van der Waals surface area contributed by atoms with Crippen molar-refractivity contribution < 1.29 is 28.5 Å². The van der Waals surface area contributed by atoms with E-state index in [4.69, 9.17) is 18.9 Å². The van der Waals surface area contributed by atoms with Crippen LogP contribution in [0.3, 0.4) is 0 Å². The summed E-state index contributed by atoms with van der Waals surface area (Å²) in [4.78, 5) is 29.9. The minimum Gasteiger partial charge on any atom is -0.497 e. The molecule has 2 aliphatic heterocycles. The lowest BCUT2D eigenvalue weighted by molar-refractivity contribution is -0.177. The molecule has 2 heterocycles. The van der Waals surface area contributed by atoms with Crippen molar-refractivity contribution in [2.75, 3.05) is 39.8 Å². The Labute approximate surface area is 203 Å². The van der Waals surface area contributed by atoms with Crippen LogP contribution in [0.2, 0.25) is 0 Å². The summed E-state index contributed by atoms with van der Waals surface area (Å²) in [6.45, 7) is -0.0808. The first-order valence-corrected chi connectivity index (χ1v) is 11.2. The SMILES string of the molecule is COc1cc(OC)cc(O[C@@H]2C(=O)N3CC(=O)N(C)c4cc(OC)ccc4[C@@]23c2ccccc2)c1. The first-order valence-electron chi connectivity index (χ1n) is 11.2. The maximum atomic E-state index is 13.6. The zero-order chi connectivity index (χ0) is 24.7. The predicted octanol–water partition coefficient (Wildman–Crippen LogP) is 3.22. The molecule has 8 nitrogen and oxygen atoms in total. The van der Waals surface area contributed by atoms with Crippen LogP contribution in [0.5, 0.6) is 23.0 Å². The number of ether oxygens (including phenoxy) is 4. The number of fused-ring (bicyclic) bond motifs is 3. The summed E-state index contributed by atoms with van der Waals surface area (Å²) >= 11 is 0. The van der Waals surface area contributed by atoms with Crippen LogP contribution >= 0.6 is 0 Å². The molecule has 0 N–H and O–H groups in total. The molecule has 0 bridgehead atoms. The fourth-order valence-corrected chi connectivity index (χ4v) is 4.95. The quantitative estimate of drug-likeness (QED) is 0.511. The van der Waals surface area contributed by atoms with E-state index >= 15 is 0 Å². The lowest BCUT2D eigenvalue weighted by Gasteiger charge is -2.56. The minimum atomic E-state index is -1.03. The monoisotopic (exact) mass is 474 g/mol. The number of nitrogens with zero attached hydrogens (tertiary/aromatic N) is 2. The normalized spacial score (nSPS) is 20.9. The molecule has 8 heteroatoms. The number of hydrogen-bond donors (Lipinski definition) is 0. The molecule has 1 saturated heterocycles. The van der Waals surface area contributed by atoms with Gasteiger partial charge < -0.3 is 28.7 Å². The highest BCUT2D eigenvalue weighted by atomic mass is 16.5. The third-order valence-corrected chi connectivity index (χ3v) is 6.73. The minimum absolute atomic E-state index is 0.0808. The molecule has 2 aliphatic rings. The Morgan fingerprint density at radius 2 is 1.43 bits per heavy atom. The zero-order valence-corrected chi connectivity index (χ0v) is 20.0. The highest BCUT2D eigenvalue weighted by Gasteiger charge is 2.66. The predicted molar refractivity (Wildman–Crippen MR) is 129 cm³/mol. The van der Waals surface area contributed by atoms with Crippen LogP contribution in [0, 0.1) is 0 Å². The Balaban J connectivity index is 1.73. The molecule has 1 fully saturated rings. The van der Waals surface area contributed by atoms with Crippen molar-refractivity contribution in [3.8, 4) is 23.0 Å². The summed E-state index contributed by atoms with van der Waals surface area (Å²) < 4.78 is 22.6. The number of carbonyl (C=O) groups is 2. The van der Waals surface area contributed by atoms with Gasteiger partial charge in [-0.15, -0.1) is 0 Å². The Bertz CT molecular complexity index is 1270. The molecule has 0 unspecified atom stereocenters. The molecule has 180 valence electrons. The van der Waals surface area contributed by atoms with E-state index in [1.54, 1.807) is 56.4 Å². The van der Waals surface area contributed by atoms with E-state index in [2.05, 4.69) is 0 Å². The lowest BCUT2D eigenvalue weighted by atomic mass is 9.69. The van der Waals surface area contributed by atoms with Crippen molar-refractivity contribution in [2.45, 2.75) is 11.6 Å². The molecule has 2 atom stereocenters. The molecule has 0 aliphatic carbocycles. The average molecular weight is 475 g/mol. The van der Waals surface area contributed by atoms with Gasteiger partial charge in [0.25, 0.3) is 5.91 Å². The highest BCUT2D eigenvalue weighted by molar-refractivity contribution is 6.04. The van der Waals surface area contributed by atoms with E-state index in [0.29, 0.717) is 28.7 Å². The Morgan fingerprint density at radius 3 is 2.06 bits per heavy atom. The fourth-order valence-electron chi connectivity index (χ4n) is 4.95. The van der Waals surface area contributed by atoms with Gasteiger partial charge in [0.15, 0.2) is 0 Å². The van der Waals surface area contributed by atoms with Gasteiger partial charge in [-0.3, -0.25) is 9.59 Å². The Morgan fingerprint density at radius 1 is 0.800 bits per heavy atom. The van der Waals surface area contributed by atoms with Crippen LogP contribution in [-0.2, 0) is 15.1 Å². The second-order valence-electron chi connectivity index (χ2n) is 8.44. The maximum absolute atomic E-state index is 13.6. The molecule has 0 saturated carbocycles. The van der Waals surface area contributed by atoms with Crippen LogP contribution < -0.4 is 23.8 Å². The Hall–Kier alpha value is -4.20. The molecule has 5 rings (SSSR count). The van der Waals surface area contributed by atoms with E-state index in [1.165, 1.54) is 0 Å². The van der Waals surface area contributed by atoms with Gasteiger partial charge in [0, 0.05) is 36.9 Å². The second kappa shape index (κ2) is 8.54. The number of hydrogen-bond acceptors (Lipinski definition) is 6. The molecule has 0 aromatic heterocycles. The summed E-state index contributed by atoms with van der Waals surface area (Å²) in [5.74, 6) is 1.64. The Kier molecular flexibility index (Phi) is 5.51. The first-order chi connectivity index (χ1) is 16.9. The van der Waals surface area contributed by atoms with Gasteiger partial charge in [-0.1, -0.05) is 36.4 Å². The van der Waals surface area contributed by atoms with E-state index < -0.39 is 11.6 Å². The molecule has 3 aromatic carbocycles. The summed E-state index contributed by atoms with van der Waals surface area (Å²) in [6, 6.07) is 20.3. The van der Waals surface area contributed by atoms with Crippen LogP contribution in [0.4, 0.5) is 5.69 Å². The smallest absolute Gasteiger partial charge is 0.268 e. The molecular weight excluding hydrogens is 448 g/mol. The van der Waals surface area contributed by atoms with E-state index in [-0.39, 0.29) is 18.4 Å². The average Bonchev–Trinajstić information content (AvgIpc) is 2.99. The fraction of sp³-hybridized carbons (Fsp3) is 0.259. The van der Waals surface area contributed by atoms with Crippen molar-refractivity contribution in [1.29, 1.82) is 0 Å². The molecule has 3 aromatic rings. The number of β-lactam (4-membered cyclic amide) rings is 1. The van der Waals surface area contributed by atoms with Gasteiger partial charge in [0.05, 0.1) is 27.0 Å².